The minimum Gasteiger partial charge on any atom is -0.310 e. The van der Waals surface area contributed by atoms with Gasteiger partial charge in [0.15, 0.2) is 0 Å². The lowest BCUT2D eigenvalue weighted by atomic mass is 10.0. The monoisotopic (exact) mass is 1070 g/mol. The fraction of sp³-hybridized carbons (Fsp3) is 0. The van der Waals surface area contributed by atoms with Gasteiger partial charge in [0.1, 0.15) is 0 Å². The van der Waals surface area contributed by atoms with Crippen molar-refractivity contribution in [1.82, 2.24) is 9.13 Å². The van der Waals surface area contributed by atoms with Crippen molar-refractivity contribution in [3.05, 3.63) is 340 Å². The number of hydrogen-bond acceptors (Lipinski definition) is 2. The summed E-state index contributed by atoms with van der Waals surface area (Å²) < 4.78 is 4.72. The predicted molar refractivity (Wildman–Crippen MR) is 357 cm³/mol. The first kappa shape index (κ1) is 49.8. The summed E-state index contributed by atoms with van der Waals surface area (Å²) in [5.74, 6) is 0. The van der Waals surface area contributed by atoms with Crippen molar-refractivity contribution >= 4 is 99.3 Å². The van der Waals surface area contributed by atoms with Crippen LogP contribution in [0.2, 0.25) is 0 Å². The third kappa shape index (κ3) is 9.09. The Kier molecular flexibility index (Phi) is 12.9. The van der Waals surface area contributed by atoms with E-state index in [2.05, 4.69) is 359 Å². The number of rotatable bonds is 10. The molecule has 396 valence electrons. The first-order valence-corrected chi connectivity index (χ1v) is 28.7. The summed E-state index contributed by atoms with van der Waals surface area (Å²) in [5, 5.41) is 10.0. The van der Waals surface area contributed by atoms with Crippen LogP contribution in [0, 0.1) is 0 Å². The summed E-state index contributed by atoms with van der Waals surface area (Å²) >= 11 is 0. The van der Waals surface area contributed by atoms with Gasteiger partial charge in [-0.15, -0.1) is 0 Å². The van der Waals surface area contributed by atoms with Crippen molar-refractivity contribution in [2.75, 3.05) is 9.80 Å². The molecule has 0 bridgehead atoms. The third-order valence-electron chi connectivity index (χ3n) is 16.4. The van der Waals surface area contributed by atoms with Gasteiger partial charge in [0.2, 0.25) is 0 Å². The molecule has 0 fully saturated rings. The van der Waals surface area contributed by atoms with Crippen LogP contribution in [0.5, 0.6) is 0 Å². The van der Waals surface area contributed by atoms with Crippen molar-refractivity contribution in [1.29, 1.82) is 0 Å². The summed E-state index contributed by atoms with van der Waals surface area (Å²) in [6.45, 7) is 0. The molecular formula is C80H56N4. The van der Waals surface area contributed by atoms with Crippen LogP contribution < -0.4 is 9.80 Å². The summed E-state index contributed by atoms with van der Waals surface area (Å²) in [5.41, 5.74) is 18.9. The molecular weight excluding hydrogens is 1020 g/mol. The molecule has 0 amide bonds. The second-order valence-corrected chi connectivity index (χ2v) is 21.3. The van der Waals surface area contributed by atoms with E-state index in [1.165, 1.54) is 110 Å². The van der Waals surface area contributed by atoms with E-state index >= 15 is 0 Å². The predicted octanol–water partition coefficient (Wildman–Crippen LogP) is 22.1. The minimum atomic E-state index is 1.13. The number of anilines is 6. The maximum atomic E-state index is 2.36. The molecule has 16 rings (SSSR count). The Morgan fingerprint density at radius 3 is 0.762 bits per heavy atom. The van der Waals surface area contributed by atoms with Crippen LogP contribution in [0.15, 0.2) is 340 Å². The zero-order chi connectivity index (χ0) is 55.8. The molecule has 0 aliphatic heterocycles. The van der Waals surface area contributed by atoms with E-state index in [0.717, 1.165) is 22.7 Å². The fourth-order valence-corrected chi connectivity index (χ4v) is 12.4. The topological polar surface area (TPSA) is 16.3 Å². The molecule has 0 saturated heterocycles. The van der Waals surface area contributed by atoms with Crippen molar-refractivity contribution in [3.63, 3.8) is 0 Å². The van der Waals surface area contributed by atoms with Crippen molar-refractivity contribution in [3.8, 4) is 33.6 Å². The highest BCUT2D eigenvalue weighted by Crippen LogP contribution is 2.42. The SMILES string of the molecule is c1ccc(N(c2ccc(-c3ccc(-n4c5ccccc5c5ccccc54)cc3)cc2)c2cccc3ccccc23)cc1.c1ccc(N(c2ccc(-c3ccc(-n4c5ccccc5c5ccccc54)cc3)cc2)c2cccc3ccccc23)cc1. The lowest BCUT2D eigenvalue weighted by Crippen LogP contribution is -2.10. The van der Waals surface area contributed by atoms with Gasteiger partial charge in [-0.3, -0.25) is 0 Å². The molecule has 2 heterocycles. The number of benzene rings is 14. The van der Waals surface area contributed by atoms with Crippen LogP contribution in [0.1, 0.15) is 0 Å². The van der Waals surface area contributed by atoms with E-state index in [-0.39, 0.29) is 0 Å². The quantitative estimate of drug-likeness (QED) is 0.136. The number of fused-ring (bicyclic) bond motifs is 8. The molecule has 14 aromatic carbocycles. The summed E-state index contributed by atoms with van der Waals surface area (Å²) in [7, 11) is 0. The standard InChI is InChI=1S/2C40H28N2/c2*1-2-13-32(14-3-1)41(38-20-10-12-31-11-4-5-15-35(31)38)33-25-21-29(22-26-33)30-23-27-34(28-24-30)42-39-18-8-6-16-36(39)37-17-7-9-19-40(37)42/h2*1-28H. The normalized spacial score (nSPS) is 11.3. The molecule has 0 aliphatic carbocycles. The van der Waals surface area contributed by atoms with Crippen LogP contribution in [0.3, 0.4) is 0 Å². The van der Waals surface area contributed by atoms with Gasteiger partial charge < -0.3 is 18.9 Å². The Bertz CT molecular complexity index is 4550. The average molecular weight is 1070 g/mol. The van der Waals surface area contributed by atoms with Crippen molar-refractivity contribution < 1.29 is 0 Å². The Hall–Kier alpha value is -11.2. The van der Waals surface area contributed by atoms with E-state index in [1.807, 2.05) is 0 Å². The lowest BCUT2D eigenvalue weighted by Gasteiger charge is -2.27. The van der Waals surface area contributed by atoms with E-state index in [4.69, 9.17) is 0 Å². The lowest BCUT2D eigenvalue weighted by molar-refractivity contribution is 1.18. The Balaban J connectivity index is 0.000000143. The van der Waals surface area contributed by atoms with Crippen LogP contribution in [0.25, 0.3) is 98.8 Å². The van der Waals surface area contributed by atoms with Crippen molar-refractivity contribution in [2.45, 2.75) is 0 Å². The van der Waals surface area contributed by atoms with E-state index in [1.54, 1.807) is 0 Å². The van der Waals surface area contributed by atoms with Crippen LogP contribution in [-0.2, 0) is 0 Å². The number of aromatic nitrogens is 2. The molecule has 4 nitrogen and oxygen atoms in total. The van der Waals surface area contributed by atoms with Gasteiger partial charge in [-0.25, -0.2) is 0 Å². The molecule has 0 atom stereocenters. The largest absolute Gasteiger partial charge is 0.310 e. The number of para-hydroxylation sites is 6. The third-order valence-corrected chi connectivity index (χ3v) is 16.4. The van der Waals surface area contributed by atoms with E-state index in [0.29, 0.717) is 0 Å². The molecule has 4 heteroatoms. The van der Waals surface area contributed by atoms with Gasteiger partial charge in [0.25, 0.3) is 0 Å². The summed E-state index contributed by atoms with van der Waals surface area (Å²) in [6.07, 6.45) is 0. The number of hydrogen-bond donors (Lipinski definition) is 0. The second kappa shape index (κ2) is 21.7. The first-order valence-electron chi connectivity index (χ1n) is 28.7. The van der Waals surface area contributed by atoms with Crippen molar-refractivity contribution in [2.24, 2.45) is 0 Å². The molecule has 84 heavy (non-hydrogen) atoms. The second-order valence-electron chi connectivity index (χ2n) is 21.3. The molecule has 0 unspecified atom stereocenters. The Morgan fingerprint density at radius 1 is 0.179 bits per heavy atom. The highest BCUT2D eigenvalue weighted by atomic mass is 15.1. The Labute approximate surface area is 488 Å². The van der Waals surface area contributed by atoms with E-state index in [9.17, 15) is 0 Å². The summed E-state index contributed by atoms with van der Waals surface area (Å²) in [6, 6.07) is 122. The average Bonchev–Trinajstić information content (AvgIpc) is 3.60. The molecule has 0 N–H and O–H groups in total. The van der Waals surface area contributed by atoms with Gasteiger partial charge in [-0.05, 0) is 142 Å². The molecule has 0 saturated carbocycles. The number of nitrogens with zero attached hydrogens (tertiary/aromatic N) is 4. The first-order chi connectivity index (χ1) is 41.7. The minimum absolute atomic E-state index is 1.13. The zero-order valence-corrected chi connectivity index (χ0v) is 46.1. The highest BCUT2D eigenvalue weighted by Gasteiger charge is 2.19. The van der Waals surface area contributed by atoms with Gasteiger partial charge in [0.05, 0.1) is 33.4 Å². The maximum Gasteiger partial charge on any atom is 0.0541 e. The molecule has 0 aliphatic rings. The molecule has 2 aromatic heterocycles. The molecule has 0 spiro atoms. The zero-order valence-electron chi connectivity index (χ0n) is 46.1. The highest BCUT2D eigenvalue weighted by molar-refractivity contribution is 6.10. The fourth-order valence-electron chi connectivity index (χ4n) is 12.4. The van der Waals surface area contributed by atoms with Crippen LogP contribution in [-0.4, -0.2) is 9.13 Å². The van der Waals surface area contributed by atoms with Gasteiger partial charge in [-0.1, -0.05) is 231 Å². The van der Waals surface area contributed by atoms with Gasteiger partial charge in [0, 0.05) is 66.4 Å². The Morgan fingerprint density at radius 2 is 0.429 bits per heavy atom. The van der Waals surface area contributed by atoms with Gasteiger partial charge in [-0.2, -0.15) is 0 Å². The summed E-state index contributed by atoms with van der Waals surface area (Å²) in [4.78, 5) is 4.69. The maximum absolute atomic E-state index is 2.36. The van der Waals surface area contributed by atoms with Crippen LogP contribution >= 0.6 is 0 Å². The smallest absolute Gasteiger partial charge is 0.0541 e. The van der Waals surface area contributed by atoms with E-state index < -0.39 is 0 Å². The molecule has 16 aromatic rings. The van der Waals surface area contributed by atoms with Crippen LogP contribution in [0.4, 0.5) is 34.1 Å². The molecule has 0 radical (unpaired) electrons. The van der Waals surface area contributed by atoms with Gasteiger partial charge >= 0.3 is 0 Å².